The van der Waals surface area contributed by atoms with Gasteiger partial charge in [-0.15, -0.1) is 11.8 Å². The predicted molar refractivity (Wildman–Crippen MR) is 101 cm³/mol. The van der Waals surface area contributed by atoms with E-state index < -0.39 is 0 Å². The Labute approximate surface area is 153 Å². The van der Waals surface area contributed by atoms with E-state index in [0.29, 0.717) is 18.1 Å². The fourth-order valence-corrected chi connectivity index (χ4v) is 2.84. The normalized spacial score (nSPS) is 12.4. The summed E-state index contributed by atoms with van der Waals surface area (Å²) in [6.07, 6.45) is 1.94. The van der Waals surface area contributed by atoms with Gasteiger partial charge in [-0.3, -0.25) is 4.99 Å². The number of aliphatic imine (C=N–C) groups is 2. The maximum absolute atomic E-state index is 5.46. The summed E-state index contributed by atoms with van der Waals surface area (Å²) in [5.41, 5.74) is 2.48. The first-order valence-corrected chi connectivity index (χ1v) is 8.75. The Kier molecular flexibility index (Phi) is 10.2. The molecule has 0 bridgehead atoms. The van der Waals surface area contributed by atoms with Crippen molar-refractivity contribution in [2.75, 3.05) is 55.3 Å². The van der Waals surface area contributed by atoms with E-state index in [1.54, 1.807) is 35.5 Å². The van der Waals surface area contributed by atoms with E-state index in [4.69, 9.17) is 23.7 Å². The lowest BCUT2D eigenvalue weighted by Crippen LogP contribution is -2.15. The quantitative estimate of drug-likeness (QED) is 0.273. The summed E-state index contributed by atoms with van der Waals surface area (Å²) in [7, 11) is 8.13. The van der Waals surface area contributed by atoms with Crippen molar-refractivity contribution in [3.05, 3.63) is 23.3 Å². The highest BCUT2D eigenvalue weighted by molar-refractivity contribution is 8.15. The number of nitrogens with zero attached hydrogens (tertiary/aromatic N) is 2. The molecule has 0 fully saturated rings. The maximum Gasteiger partial charge on any atom is 0.166 e. The lowest BCUT2D eigenvalue weighted by Gasteiger charge is -2.16. The molecular weight excluding hydrogens is 344 g/mol. The lowest BCUT2D eigenvalue weighted by molar-refractivity contribution is -0.0270. The van der Waals surface area contributed by atoms with E-state index in [0.717, 1.165) is 21.9 Å². The molecule has 25 heavy (non-hydrogen) atoms. The molecule has 0 atom stereocenters. The smallest absolute Gasteiger partial charge is 0.166 e. The third-order valence-electron chi connectivity index (χ3n) is 3.25. The van der Waals surface area contributed by atoms with E-state index >= 15 is 0 Å². The second kappa shape index (κ2) is 11.9. The standard InChI is InChI=1S/C17H26N2O5S/c1-18-15(17(25-6)19-10-24-11-21-3)12-7-13(9-20-2)16(23-5)14(8-12)22-4/h7-8H,9-11H2,1-6H3/b18-15?,19-17-. The summed E-state index contributed by atoms with van der Waals surface area (Å²) in [6.45, 7) is 0.784. The number of thioether (sulfide) groups is 1. The highest BCUT2D eigenvalue weighted by atomic mass is 32.2. The number of ether oxygens (including phenoxy) is 5. The summed E-state index contributed by atoms with van der Waals surface area (Å²) in [6, 6.07) is 3.84. The van der Waals surface area contributed by atoms with E-state index in [2.05, 4.69) is 9.98 Å². The summed E-state index contributed by atoms with van der Waals surface area (Å²) < 4.78 is 26.3. The van der Waals surface area contributed by atoms with Crippen LogP contribution in [-0.2, 0) is 20.8 Å². The first kappa shape index (κ1) is 21.4. The molecule has 0 heterocycles. The minimum absolute atomic E-state index is 0.193. The molecule has 0 amide bonds. The van der Waals surface area contributed by atoms with E-state index in [9.17, 15) is 0 Å². The molecule has 0 aliphatic carbocycles. The lowest BCUT2D eigenvalue weighted by atomic mass is 10.0. The highest BCUT2D eigenvalue weighted by Crippen LogP contribution is 2.33. The third-order valence-corrected chi connectivity index (χ3v) is 3.96. The summed E-state index contributed by atoms with van der Waals surface area (Å²) in [5, 5.41) is 0.759. The van der Waals surface area contributed by atoms with Gasteiger partial charge in [-0.1, -0.05) is 0 Å². The number of rotatable bonds is 10. The van der Waals surface area contributed by atoms with Crippen LogP contribution in [0.2, 0.25) is 0 Å². The van der Waals surface area contributed by atoms with Gasteiger partial charge in [-0.25, -0.2) is 4.99 Å². The van der Waals surface area contributed by atoms with Crippen LogP contribution in [0.15, 0.2) is 22.1 Å². The summed E-state index contributed by atoms with van der Waals surface area (Å²) >= 11 is 1.49. The first-order valence-electron chi connectivity index (χ1n) is 7.53. The Morgan fingerprint density at radius 2 is 1.84 bits per heavy atom. The van der Waals surface area contributed by atoms with Crippen LogP contribution in [0.1, 0.15) is 11.1 Å². The molecule has 1 rings (SSSR count). The molecule has 7 nitrogen and oxygen atoms in total. The number of methoxy groups -OCH3 is 4. The van der Waals surface area contributed by atoms with Crippen LogP contribution >= 0.6 is 11.8 Å². The first-order chi connectivity index (χ1) is 12.2. The second-order valence-electron chi connectivity index (χ2n) is 4.78. The monoisotopic (exact) mass is 370 g/mol. The van der Waals surface area contributed by atoms with E-state index in [-0.39, 0.29) is 13.5 Å². The van der Waals surface area contributed by atoms with Gasteiger partial charge < -0.3 is 23.7 Å². The molecule has 0 N–H and O–H groups in total. The van der Waals surface area contributed by atoms with Crippen molar-refractivity contribution in [3.8, 4) is 11.5 Å². The molecule has 0 spiro atoms. The predicted octanol–water partition coefficient (Wildman–Crippen LogP) is 2.61. The topological polar surface area (TPSA) is 70.9 Å². The maximum atomic E-state index is 5.46. The van der Waals surface area contributed by atoms with Gasteiger partial charge in [0.15, 0.2) is 11.5 Å². The second-order valence-corrected chi connectivity index (χ2v) is 5.58. The molecule has 0 radical (unpaired) electrons. The van der Waals surface area contributed by atoms with Gasteiger partial charge >= 0.3 is 0 Å². The van der Waals surface area contributed by atoms with Crippen molar-refractivity contribution < 1.29 is 23.7 Å². The zero-order valence-corrected chi connectivity index (χ0v) is 16.4. The third kappa shape index (κ3) is 6.00. The van der Waals surface area contributed by atoms with Crippen LogP contribution in [0.4, 0.5) is 0 Å². The van der Waals surface area contributed by atoms with Gasteiger partial charge in [-0.2, -0.15) is 0 Å². The van der Waals surface area contributed by atoms with Crippen molar-refractivity contribution in [3.63, 3.8) is 0 Å². The van der Waals surface area contributed by atoms with Crippen LogP contribution in [0.25, 0.3) is 0 Å². The molecule has 8 heteroatoms. The van der Waals surface area contributed by atoms with Crippen molar-refractivity contribution in [2.24, 2.45) is 9.98 Å². The average molecular weight is 370 g/mol. The van der Waals surface area contributed by atoms with Crippen molar-refractivity contribution in [1.82, 2.24) is 0 Å². The SMILES string of the molecule is CN=C(/C(=N/COCOC)SC)c1cc(COC)c(OC)c(OC)c1. The van der Waals surface area contributed by atoms with Gasteiger partial charge in [0.25, 0.3) is 0 Å². The van der Waals surface area contributed by atoms with Gasteiger partial charge in [0.1, 0.15) is 18.6 Å². The molecule has 0 unspecified atom stereocenters. The van der Waals surface area contributed by atoms with Crippen LogP contribution in [0, 0.1) is 0 Å². The van der Waals surface area contributed by atoms with Crippen LogP contribution < -0.4 is 9.47 Å². The van der Waals surface area contributed by atoms with Crippen LogP contribution in [0.5, 0.6) is 11.5 Å². The minimum Gasteiger partial charge on any atom is -0.493 e. The molecular formula is C17H26N2O5S. The Morgan fingerprint density at radius 3 is 2.36 bits per heavy atom. The summed E-state index contributed by atoms with van der Waals surface area (Å²) in [5.74, 6) is 1.26. The van der Waals surface area contributed by atoms with Crippen LogP contribution in [0.3, 0.4) is 0 Å². The molecule has 0 aromatic heterocycles. The largest absolute Gasteiger partial charge is 0.493 e. The average Bonchev–Trinajstić information content (AvgIpc) is 2.63. The molecule has 0 saturated heterocycles. The van der Waals surface area contributed by atoms with Crippen LogP contribution in [-0.4, -0.2) is 66.0 Å². The van der Waals surface area contributed by atoms with Crippen molar-refractivity contribution >= 4 is 22.5 Å². The van der Waals surface area contributed by atoms with E-state index in [1.165, 1.54) is 11.8 Å². The number of hydrogen-bond acceptors (Lipinski definition) is 8. The van der Waals surface area contributed by atoms with Crippen molar-refractivity contribution in [1.29, 1.82) is 0 Å². The van der Waals surface area contributed by atoms with Gasteiger partial charge in [0.2, 0.25) is 0 Å². The Bertz CT molecular complexity index is 605. The minimum atomic E-state index is 0.193. The zero-order chi connectivity index (χ0) is 18.7. The summed E-state index contributed by atoms with van der Waals surface area (Å²) in [4.78, 5) is 8.85. The molecule has 0 aliphatic heterocycles. The Hall–Kier alpha value is -1.61. The number of hydrogen-bond donors (Lipinski definition) is 0. The fraction of sp³-hybridized carbons (Fsp3) is 0.529. The Balaban J connectivity index is 3.27. The van der Waals surface area contributed by atoms with Gasteiger partial charge in [-0.05, 0) is 18.4 Å². The van der Waals surface area contributed by atoms with Gasteiger partial charge in [0, 0.05) is 32.4 Å². The number of benzene rings is 1. The highest BCUT2D eigenvalue weighted by Gasteiger charge is 2.17. The molecule has 1 aromatic rings. The molecule has 0 saturated carbocycles. The zero-order valence-electron chi connectivity index (χ0n) is 15.6. The Morgan fingerprint density at radius 1 is 1.08 bits per heavy atom. The van der Waals surface area contributed by atoms with Crippen molar-refractivity contribution in [2.45, 2.75) is 6.61 Å². The molecule has 0 aliphatic rings. The van der Waals surface area contributed by atoms with E-state index in [1.807, 2.05) is 18.4 Å². The molecule has 140 valence electrons. The fourth-order valence-electron chi connectivity index (χ4n) is 2.25. The van der Waals surface area contributed by atoms with Gasteiger partial charge in [0.05, 0.1) is 26.5 Å². The molecule has 1 aromatic carbocycles.